The van der Waals surface area contributed by atoms with Crippen molar-refractivity contribution < 1.29 is 9.21 Å². The first-order valence-electron chi connectivity index (χ1n) is 7.77. The maximum absolute atomic E-state index is 12.8. The summed E-state index contributed by atoms with van der Waals surface area (Å²) in [4.78, 5) is 14.3. The Morgan fingerprint density at radius 1 is 1.29 bits per heavy atom. The number of para-hydroxylation sites is 1. The Morgan fingerprint density at radius 2 is 2.08 bits per heavy atom. The summed E-state index contributed by atoms with van der Waals surface area (Å²) in [5, 5.41) is 3.41. The van der Waals surface area contributed by atoms with E-state index in [2.05, 4.69) is 12.2 Å². The van der Waals surface area contributed by atoms with Gasteiger partial charge >= 0.3 is 0 Å². The molecule has 1 fully saturated rings. The highest BCUT2D eigenvalue weighted by atomic mass is 32.1. The van der Waals surface area contributed by atoms with Gasteiger partial charge in [-0.15, -0.1) is 0 Å². The van der Waals surface area contributed by atoms with Crippen LogP contribution in [0.5, 0.6) is 0 Å². The second-order valence-electron chi connectivity index (χ2n) is 5.51. The van der Waals surface area contributed by atoms with Crippen molar-refractivity contribution in [2.24, 2.45) is 0 Å². The number of furan rings is 1. The molecule has 4 nitrogen and oxygen atoms in total. The molecule has 122 valence electrons. The van der Waals surface area contributed by atoms with E-state index in [4.69, 9.17) is 16.6 Å². The number of nitrogens with one attached hydrogen (secondary N) is 1. The van der Waals surface area contributed by atoms with E-state index in [-0.39, 0.29) is 5.91 Å². The molecule has 1 amide bonds. The van der Waals surface area contributed by atoms with E-state index in [1.807, 2.05) is 49.4 Å². The highest BCUT2D eigenvalue weighted by Crippen LogP contribution is 2.26. The van der Waals surface area contributed by atoms with Crippen LogP contribution in [-0.4, -0.2) is 11.0 Å². The summed E-state index contributed by atoms with van der Waals surface area (Å²) >= 11 is 5.37. The lowest BCUT2D eigenvalue weighted by Crippen LogP contribution is -2.31. The molecule has 0 radical (unpaired) electrons. The molecule has 1 aromatic carbocycles. The Bertz CT molecular complexity index is 835. The molecule has 24 heavy (non-hydrogen) atoms. The van der Waals surface area contributed by atoms with Gasteiger partial charge in [0.05, 0.1) is 12.0 Å². The standard InChI is InChI=1S/C19H18N2O2S/c1-3-14-7-4-5-9-17(14)21-18(22)16(20-19(21)24)12-13(2)11-15-8-6-10-23-15/h4-12H,3H2,1-2H3,(H,20,24)/b13-11+,16-12+. The van der Waals surface area contributed by atoms with Crippen molar-refractivity contribution in [1.29, 1.82) is 0 Å². The first-order valence-corrected chi connectivity index (χ1v) is 8.18. The lowest BCUT2D eigenvalue weighted by molar-refractivity contribution is -0.113. The molecule has 1 aromatic heterocycles. The third kappa shape index (κ3) is 3.16. The zero-order valence-corrected chi connectivity index (χ0v) is 14.4. The summed E-state index contributed by atoms with van der Waals surface area (Å²) < 4.78 is 5.29. The van der Waals surface area contributed by atoms with Gasteiger partial charge in [0.1, 0.15) is 11.5 Å². The Balaban J connectivity index is 1.90. The smallest absolute Gasteiger partial charge is 0.281 e. The zero-order chi connectivity index (χ0) is 17.1. The number of hydrogen-bond donors (Lipinski definition) is 1. The van der Waals surface area contributed by atoms with Crippen molar-refractivity contribution in [3.8, 4) is 0 Å². The molecule has 0 bridgehead atoms. The van der Waals surface area contributed by atoms with Gasteiger partial charge in [-0.1, -0.05) is 25.1 Å². The highest BCUT2D eigenvalue weighted by molar-refractivity contribution is 7.80. The normalized spacial score (nSPS) is 16.8. The second kappa shape index (κ2) is 6.84. The minimum absolute atomic E-state index is 0.145. The van der Waals surface area contributed by atoms with E-state index >= 15 is 0 Å². The zero-order valence-electron chi connectivity index (χ0n) is 13.6. The number of carbonyl (C=O) groups excluding carboxylic acids is 1. The van der Waals surface area contributed by atoms with Gasteiger partial charge in [-0.3, -0.25) is 9.69 Å². The maximum atomic E-state index is 12.8. The molecule has 1 aliphatic rings. The van der Waals surface area contributed by atoms with Crippen molar-refractivity contribution in [2.45, 2.75) is 20.3 Å². The number of carbonyl (C=O) groups is 1. The Morgan fingerprint density at radius 3 is 2.79 bits per heavy atom. The van der Waals surface area contributed by atoms with E-state index < -0.39 is 0 Å². The SMILES string of the molecule is CCc1ccccc1N1C(=O)/C(=C\C(C)=C\c2ccco2)NC1=S. The van der Waals surface area contributed by atoms with Gasteiger partial charge in [0.25, 0.3) is 5.91 Å². The molecule has 0 saturated carbocycles. The monoisotopic (exact) mass is 338 g/mol. The summed E-state index contributed by atoms with van der Waals surface area (Å²) in [5.74, 6) is 0.596. The molecule has 1 saturated heterocycles. The summed E-state index contributed by atoms with van der Waals surface area (Å²) in [6.45, 7) is 3.97. The molecule has 1 aliphatic heterocycles. The number of rotatable bonds is 4. The van der Waals surface area contributed by atoms with Gasteiger partial charge in [-0.25, -0.2) is 0 Å². The number of allylic oxidation sites excluding steroid dienone is 2. The van der Waals surface area contributed by atoms with Crippen LogP contribution in [0.15, 0.2) is 64.4 Å². The van der Waals surface area contributed by atoms with Crippen LogP contribution >= 0.6 is 12.2 Å². The van der Waals surface area contributed by atoms with Crippen LogP contribution in [0.3, 0.4) is 0 Å². The number of hydrogen-bond acceptors (Lipinski definition) is 3. The van der Waals surface area contributed by atoms with Gasteiger partial charge < -0.3 is 9.73 Å². The first kappa shape index (κ1) is 16.2. The summed E-state index contributed by atoms with van der Waals surface area (Å²) in [5.41, 5.74) is 3.28. The topological polar surface area (TPSA) is 45.5 Å². The van der Waals surface area contributed by atoms with Crippen LogP contribution in [0, 0.1) is 0 Å². The fourth-order valence-electron chi connectivity index (χ4n) is 2.65. The molecule has 1 N–H and O–H groups in total. The molecule has 5 heteroatoms. The average Bonchev–Trinajstić information content (AvgIpc) is 3.16. The van der Waals surface area contributed by atoms with Gasteiger partial charge in [0.15, 0.2) is 5.11 Å². The molecular weight excluding hydrogens is 320 g/mol. The first-order chi connectivity index (χ1) is 11.6. The van der Waals surface area contributed by atoms with E-state index in [9.17, 15) is 4.79 Å². The van der Waals surface area contributed by atoms with Gasteiger partial charge in [-0.2, -0.15) is 0 Å². The minimum Gasteiger partial charge on any atom is -0.465 e. The van der Waals surface area contributed by atoms with Crippen LogP contribution in [-0.2, 0) is 11.2 Å². The maximum Gasteiger partial charge on any atom is 0.281 e. The Kier molecular flexibility index (Phi) is 4.62. The van der Waals surface area contributed by atoms with Gasteiger partial charge in [0.2, 0.25) is 0 Å². The lowest BCUT2D eigenvalue weighted by atomic mass is 10.1. The Labute approximate surface area is 146 Å². The third-order valence-corrected chi connectivity index (χ3v) is 4.06. The van der Waals surface area contributed by atoms with Crippen molar-refractivity contribution in [3.63, 3.8) is 0 Å². The van der Waals surface area contributed by atoms with Crippen LogP contribution in [0.25, 0.3) is 6.08 Å². The largest absolute Gasteiger partial charge is 0.465 e. The predicted octanol–water partition coefficient (Wildman–Crippen LogP) is 4.05. The molecular formula is C19H18N2O2S. The third-order valence-electron chi connectivity index (χ3n) is 3.78. The number of thiocarbonyl (C=S) groups is 1. The van der Waals surface area contributed by atoms with Gasteiger partial charge in [-0.05, 0) is 67.1 Å². The summed E-state index contributed by atoms with van der Waals surface area (Å²) in [7, 11) is 0. The molecule has 0 spiro atoms. The van der Waals surface area contributed by atoms with E-state index in [0.717, 1.165) is 29.0 Å². The number of nitrogens with zero attached hydrogens (tertiary/aromatic N) is 1. The van der Waals surface area contributed by atoms with Crippen molar-refractivity contribution >= 4 is 35.0 Å². The number of amides is 1. The number of anilines is 1. The minimum atomic E-state index is -0.145. The molecule has 0 atom stereocenters. The predicted molar refractivity (Wildman–Crippen MR) is 99.5 cm³/mol. The molecule has 0 unspecified atom stereocenters. The molecule has 3 rings (SSSR count). The van der Waals surface area contributed by atoms with E-state index in [0.29, 0.717) is 10.8 Å². The summed E-state index contributed by atoms with van der Waals surface area (Å²) in [6.07, 6.45) is 6.10. The second-order valence-corrected chi connectivity index (χ2v) is 5.90. The Hall–Kier alpha value is -2.66. The van der Waals surface area contributed by atoms with Crippen LogP contribution in [0.1, 0.15) is 25.2 Å². The fraction of sp³-hybridized carbons (Fsp3) is 0.158. The molecule has 0 aliphatic carbocycles. The molecule has 2 heterocycles. The molecule has 2 aromatic rings. The van der Waals surface area contributed by atoms with Crippen molar-refractivity contribution in [1.82, 2.24) is 5.32 Å². The number of benzene rings is 1. The highest BCUT2D eigenvalue weighted by Gasteiger charge is 2.32. The fourth-order valence-corrected chi connectivity index (χ4v) is 2.94. The van der Waals surface area contributed by atoms with E-state index in [1.54, 1.807) is 17.2 Å². The van der Waals surface area contributed by atoms with Crippen molar-refractivity contribution in [3.05, 3.63) is 71.3 Å². The van der Waals surface area contributed by atoms with Crippen LogP contribution < -0.4 is 10.2 Å². The van der Waals surface area contributed by atoms with Crippen LogP contribution in [0.4, 0.5) is 5.69 Å². The number of aryl methyl sites for hydroxylation is 1. The lowest BCUT2D eigenvalue weighted by Gasteiger charge is -2.17. The van der Waals surface area contributed by atoms with E-state index in [1.165, 1.54) is 0 Å². The quantitative estimate of drug-likeness (QED) is 0.675. The summed E-state index contributed by atoms with van der Waals surface area (Å²) in [6, 6.07) is 11.5. The van der Waals surface area contributed by atoms with Gasteiger partial charge in [0, 0.05) is 0 Å². The average molecular weight is 338 g/mol. The van der Waals surface area contributed by atoms with Crippen molar-refractivity contribution in [2.75, 3.05) is 4.90 Å². The van der Waals surface area contributed by atoms with Crippen LogP contribution in [0.2, 0.25) is 0 Å².